The first kappa shape index (κ1) is 17.0. The Hall–Kier alpha value is -3.17. The van der Waals surface area contributed by atoms with E-state index in [0.29, 0.717) is 12.0 Å². The van der Waals surface area contributed by atoms with Gasteiger partial charge >= 0.3 is 0 Å². The second-order valence-electron chi connectivity index (χ2n) is 7.52. The van der Waals surface area contributed by atoms with Crippen LogP contribution in [0.1, 0.15) is 48.4 Å². The lowest BCUT2D eigenvalue weighted by Crippen LogP contribution is -2.32. The number of nitrogens with one attached hydrogen (secondary N) is 2. The van der Waals surface area contributed by atoms with Gasteiger partial charge in [0.25, 0.3) is 0 Å². The lowest BCUT2D eigenvalue weighted by molar-refractivity contribution is 0.339. The molecule has 0 spiro atoms. The summed E-state index contributed by atoms with van der Waals surface area (Å²) in [6.07, 6.45) is 13.6. The summed E-state index contributed by atoms with van der Waals surface area (Å²) < 4.78 is 1.80. The van der Waals surface area contributed by atoms with E-state index in [2.05, 4.69) is 49.7 Å². The van der Waals surface area contributed by atoms with Crippen molar-refractivity contribution >= 4 is 16.6 Å². The minimum atomic E-state index is 0.450. The molecule has 28 heavy (non-hydrogen) atoms. The van der Waals surface area contributed by atoms with E-state index in [9.17, 15) is 0 Å². The van der Waals surface area contributed by atoms with Gasteiger partial charge in [0.05, 0.1) is 5.69 Å². The molecule has 3 heterocycles. The normalized spacial score (nSPS) is 19.8. The molecule has 0 atom stereocenters. The molecule has 0 unspecified atom stereocenters. The Kier molecular flexibility index (Phi) is 4.30. The zero-order valence-electron chi connectivity index (χ0n) is 15.6. The van der Waals surface area contributed by atoms with Gasteiger partial charge in [-0.2, -0.15) is 0 Å². The van der Waals surface area contributed by atoms with Crippen LogP contribution in [0.2, 0.25) is 0 Å². The van der Waals surface area contributed by atoms with Crippen LogP contribution < -0.4 is 5.32 Å². The third kappa shape index (κ3) is 3.04. The Morgan fingerprint density at radius 3 is 2.75 bits per heavy atom. The molecular formula is C22H22N6. The molecule has 1 fully saturated rings. The van der Waals surface area contributed by atoms with Crippen LogP contribution in [0.4, 0.5) is 0 Å². The molecule has 6 nitrogen and oxygen atoms in total. The predicted molar refractivity (Wildman–Crippen MR) is 109 cm³/mol. The fourth-order valence-electron chi connectivity index (χ4n) is 4.25. The first-order valence-corrected chi connectivity index (χ1v) is 9.78. The summed E-state index contributed by atoms with van der Waals surface area (Å²) in [6.45, 7) is 0.880. The van der Waals surface area contributed by atoms with E-state index in [1.807, 2.05) is 18.3 Å². The molecule has 0 amide bonds. The summed E-state index contributed by atoms with van der Waals surface area (Å²) in [5, 5.41) is 13.6. The summed E-state index contributed by atoms with van der Waals surface area (Å²) in [7, 11) is 0. The number of aromatic amines is 1. The second kappa shape index (κ2) is 7.10. The van der Waals surface area contributed by atoms with Gasteiger partial charge in [0, 0.05) is 35.7 Å². The monoisotopic (exact) mass is 370 g/mol. The van der Waals surface area contributed by atoms with Crippen molar-refractivity contribution in [3.05, 3.63) is 59.7 Å². The van der Waals surface area contributed by atoms with E-state index in [-0.39, 0.29) is 0 Å². The van der Waals surface area contributed by atoms with E-state index < -0.39 is 0 Å². The van der Waals surface area contributed by atoms with Gasteiger partial charge in [-0.25, -0.2) is 9.50 Å². The lowest BCUT2D eigenvalue weighted by Gasteiger charge is -2.28. The highest BCUT2D eigenvalue weighted by atomic mass is 15.4. The maximum absolute atomic E-state index is 5.42. The van der Waals surface area contributed by atoms with Crippen LogP contribution in [0.3, 0.4) is 0 Å². The maximum atomic E-state index is 5.42. The molecule has 0 saturated heterocycles. The van der Waals surface area contributed by atoms with Crippen LogP contribution in [0.5, 0.6) is 0 Å². The van der Waals surface area contributed by atoms with Gasteiger partial charge in [0.1, 0.15) is 17.5 Å². The van der Waals surface area contributed by atoms with Crippen LogP contribution in [-0.4, -0.2) is 30.8 Å². The SMILES string of the molecule is C#Cc1ccc(CN[C@H]2CC[C@@H](c3nnn4cnc5[nH]ccc5c34)CC2)cc1. The van der Waals surface area contributed by atoms with Crippen LogP contribution >= 0.6 is 0 Å². The standard InChI is InChI=1S/C22H22N6/c1-2-15-3-5-16(6-4-15)13-24-18-9-7-17(8-10-18)20-21-19-11-12-23-22(19)25-14-28(21)27-26-20/h1,3-6,11-12,14,17-18,23-24H,7-10,13H2/t17-,18+. The van der Waals surface area contributed by atoms with Gasteiger partial charge in [-0.05, 0) is 49.4 Å². The fourth-order valence-corrected chi connectivity index (χ4v) is 4.25. The molecule has 1 aromatic carbocycles. The molecule has 5 rings (SSSR count). The van der Waals surface area contributed by atoms with Crippen LogP contribution in [0, 0.1) is 12.3 Å². The third-order valence-corrected chi connectivity index (χ3v) is 5.83. The molecule has 140 valence electrons. The number of hydrogen-bond acceptors (Lipinski definition) is 4. The number of fused-ring (bicyclic) bond motifs is 3. The van der Waals surface area contributed by atoms with E-state index in [1.165, 1.54) is 5.56 Å². The zero-order chi connectivity index (χ0) is 18.9. The van der Waals surface area contributed by atoms with Crippen molar-refractivity contribution in [2.24, 2.45) is 0 Å². The summed E-state index contributed by atoms with van der Waals surface area (Å²) in [5.74, 6) is 3.11. The third-order valence-electron chi connectivity index (χ3n) is 5.83. The number of benzene rings is 1. The average Bonchev–Trinajstić information content (AvgIpc) is 3.39. The van der Waals surface area contributed by atoms with Crippen molar-refractivity contribution in [3.8, 4) is 12.3 Å². The molecule has 3 aromatic heterocycles. The number of nitrogens with zero attached hydrogens (tertiary/aromatic N) is 4. The predicted octanol–water partition coefficient (Wildman–Crippen LogP) is 3.40. The maximum Gasteiger partial charge on any atom is 0.141 e. The summed E-state index contributed by atoms with van der Waals surface area (Å²) in [5.41, 5.74) is 5.29. The molecule has 0 bridgehead atoms. The highest BCUT2D eigenvalue weighted by molar-refractivity contribution is 5.92. The summed E-state index contributed by atoms with van der Waals surface area (Å²) in [4.78, 5) is 7.57. The number of H-pyrrole nitrogens is 1. The molecule has 1 aliphatic rings. The highest BCUT2D eigenvalue weighted by Gasteiger charge is 2.26. The van der Waals surface area contributed by atoms with Crippen molar-refractivity contribution in [2.45, 2.75) is 44.2 Å². The minimum absolute atomic E-state index is 0.450. The molecule has 2 N–H and O–H groups in total. The Bertz CT molecular complexity index is 1140. The van der Waals surface area contributed by atoms with Crippen molar-refractivity contribution in [1.29, 1.82) is 0 Å². The first-order chi connectivity index (χ1) is 13.8. The van der Waals surface area contributed by atoms with Gasteiger partial charge in [0.15, 0.2) is 0 Å². The smallest absolute Gasteiger partial charge is 0.141 e. The van der Waals surface area contributed by atoms with Gasteiger partial charge < -0.3 is 10.3 Å². The molecular weight excluding hydrogens is 348 g/mol. The Labute approximate surface area is 163 Å². The molecule has 1 aliphatic carbocycles. The van der Waals surface area contributed by atoms with Crippen LogP contribution in [0.25, 0.3) is 16.6 Å². The number of terminal acetylenes is 1. The van der Waals surface area contributed by atoms with E-state index >= 15 is 0 Å². The molecule has 0 radical (unpaired) electrons. The van der Waals surface area contributed by atoms with Crippen molar-refractivity contribution in [1.82, 2.24) is 30.1 Å². The van der Waals surface area contributed by atoms with Crippen LogP contribution in [-0.2, 0) is 6.54 Å². The lowest BCUT2D eigenvalue weighted by atomic mass is 9.83. The van der Waals surface area contributed by atoms with Gasteiger partial charge in [-0.1, -0.05) is 23.3 Å². The van der Waals surface area contributed by atoms with Crippen molar-refractivity contribution in [3.63, 3.8) is 0 Å². The van der Waals surface area contributed by atoms with Gasteiger partial charge in [-0.3, -0.25) is 0 Å². The van der Waals surface area contributed by atoms with E-state index in [0.717, 1.165) is 60.0 Å². The fraction of sp³-hybridized carbons (Fsp3) is 0.318. The number of aromatic nitrogens is 5. The molecule has 4 aromatic rings. The molecule has 6 heteroatoms. The van der Waals surface area contributed by atoms with E-state index in [4.69, 9.17) is 6.42 Å². The van der Waals surface area contributed by atoms with Crippen molar-refractivity contribution < 1.29 is 0 Å². The zero-order valence-corrected chi connectivity index (χ0v) is 15.6. The number of rotatable bonds is 4. The Morgan fingerprint density at radius 2 is 1.96 bits per heavy atom. The Balaban J connectivity index is 1.25. The topological polar surface area (TPSA) is 70.9 Å². The average molecular weight is 370 g/mol. The van der Waals surface area contributed by atoms with Crippen molar-refractivity contribution in [2.75, 3.05) is 0 Å². The van der Waals surface area contributed by atoms with Gasteiger partial charge in [0.2, 0.25) is 0 Å². The van der Waals surface area contributed by atoms with E-state index in [1.54, 1.807) is 10.8 Å². The van der Waals surface area contributed by atoms with Crippen LogP contribution in [0.15, 0.2) is 42.9 Å². The number of hydrogen-bond donors (Lipinski definition) is 2. The molecule has 0 aliphatic heterocycles. The largest absolute Gasteiger partial charge is 0.346 e. The highest BCUT2D eigenvalue weighted by Crippen LogP contribution is 2.35. The molecule has 1 saturated carbocycles. The quantitative estimate of drug-likeness (QED) is 0.540. The second-order valence-corrected chi connectivity index (χ2v) is 7.52. The summed E-state index contributed by atoms with van der Waals surface area (Å²) in [6, 6.07) is 10.8. The Morgan fingerprint density at radius 1 is 1.14 bits per heavy atom. The first-order valence-electron chi connectivity index (χ1n) is 9.78. The van der Waals surface area contributed by atoms with Gasteiger partial charge in [-0.15, -0.1) is 11.5 Å². The summed E-state index contributed by atoms with van der Waals surface area (Å²) >= 11 is 0. The minimum Gasteiger partial charge on any atom is -0.346 e.